The molecule has 3 nitrogen and oxygen atoms in total. The van der Waals surface area contributed by atoms with Gasteiger partial charge in [0, 0.05) is 29.6 Å². The molecule has 1 saturated heterocycles. The van der Waals surface area contributed by atoms with Crippen LogP contribution in [0.2, 0.25) is 0 Å². The van der Waals surface area contributed by atoms with Crippen LogP contribution in [-0.4, -0.2) is 24.2 Å². The number of hydrogen-bond acceptors (Lipinski definition) is 3. The van der Waals surface area contributed by atoms with E-state index < -0.39 is 0 Å². The number of anilines is 1. The lowest BCUT2D eigenvalue weighted by Crippen LogP contribution is -2.67. The Kier molecular flexibility index (Phi) is 3.73. The molecule has 1 aliphatic heterocycles. The van der Waals surface area contributed by atoms with Crippen molar-refractivity contribution >= 4 is 16.5 Å². The Morgan fingerprint density at radius 2 is 1.92 bits per heavy atom. The first kappa shape index (κ1) is 15.5. The van der Waals surface area contributed by atoms with E-state index >= 15 is 0 Å². The summed E-state index contributed by atoms with van der Waals surface area (Å²) in [5.74, 6) is 0. The molecule has 24 heavy (non-hydrogen) atoms. The second-order valence-electron chi connectivity index (χ2n) is 7.91. The van der Waals surface area contributed by atoms with E-state index in [0.717, 1.165) is 17.8 Å². The predicted molar refractivity (Wildman–Crippen MR) is 99.3 cm³/mol. The molecule has 1 saturated carbocycles. The second-order valence-corrected chi connectivity index (χ2v) is 7.91. The number of benzene rings is 2. The summed E-state index contributed by atoms with van der Waals surface area (Å²) >= 11 is 0. The van der Waals surface area contributed by atoms with Crippen LogP contribution in [0.1, 0.15) is 45.1 Å². The van der Waals surface area contributed by atoms with E-state index in [1.807, 2.05) is 6.07 Å². The Bertz CT molecular complexity index is 802. The van der Waals surface area contributed by atoms with Crippen molar-refractivity contribution in [3.8, 4) is 6.07 Å². The molecule has 0 unspecified atom stereocenters. The highest BCUT2D eigenvalue weighted by Gasteiger charge is 2.41. The molecule has 1 heterocycles. The van der Waals surface area contributed by atoms with Crippen LogP contribution in [0.4, 0.5) is 5.69 Å². The molecule has 0 bridgehead atoms. The second kappa shape index (κ2) is 5.79. The van der Waals surface area contributed by atoms with Crippen LogP contribution in [0.5, 0.6) is 0 Å². The molecule has 0 amide bonds. The Labute approximate surface area is 144 Å². The van der Waals surface area contributed by atoms with Gasteiger partial charge in [0.2, 0.25) is 0 Å². The number of hydrogen-bond donors (Lipinski definition) is 1. The maximum Gasteiger partial charge on any atom is 0.101 e. The normalized spacial score (nSPS) is 26.0. The van der Waals surface area contributed by atoms with Crippen LogP contribution >= 0.6 is 0 Å². The van der Waals surface area contributed by atoms with Crippen molar-refractivity contribution in [2.24, 2.45) is 0 Å². The van der Waals surface area contributed by atoms with E-state index in [4.69, 9.17) is 0 Å². The molecule has 2 aromatic rings. The van der Waals surface area contributed by atoms with Crippen LogP contribution in [0.25, 0.3) is 10.8 Å². The Hall–Kier alpha value is -2.05. The first-order valence-corrected chi connectivity index (χ1v) is 9.05. The molecule has 124 valence electrons. The molecule has 2 aliphatic rings. The fourth-order valence-corrected chi connectivity index (χ4v) is 4.64. The summed E-state index contributed by atoms with van der Waals surface area (Å²) in [5, 5.41) is 16.0. The number of rotatable bonds is 1. The molecule has 1 N–H and O–H groups in total. The number of piperazine rings is 1. The number of fused-ring (bicyclic) bond motifs is 2. The third-order valence-corrected chi connectivity index (χ3v) is 5.58. The van der Waals surface area contributed by atoms with Gasteiger partial charge in [-0.05, 0) is 38.1 Å². The maximum atomic E-state index is 9.74. The summed E-state index contributed by atoms with van der Waals surface area (Å²) in [5.41, 5.74) is 2.00. The largest absolute Gasteiger partial charge is 0.364 e. The van der Waals surface area contributed by atoms with Crippen molar-refractivity contribution in [2.75, 3.05) is 11.4 Å². The van der Waals surface area contributed by atoms with Crippen LogP contribution in [0.15, 0.2) is 36.4 Å². The zero-order valence-electron chi connectivity index (χ0n) is 14.5. The maximum absolute atomic E-state index is 9.74. The third-order valence-electron chi connectivity index (χ3n) is 5.58. The average Bonchev–Trinajstić information content (AvgIpc) is 2.59. The van der Waals surface area contributed by atoms with E-state index in [9.17, 15) is 5.26 Å². The lowest BCUT2D eigenvalue weighted by Gasteiger charge is -2.52. The fourth-order valence-electron chi connectivity index (χ4n) is 4.64. The lowest BCUT2D eigenvalue weighted by atomic mass is 9.82. The van der Waals surface area contributed by atoms with Crippen LogP contribution in [0, 0.1) is 11.3 Å². The predicted octanol–water partition coefficient (Wildman–Crippen LogP) is 4.21. The van der Waals surface area contributed by atoms with Crippen molar-refractivity contribution in [3.05, 3.63) is 42.0 Å². The van der Waals surface area contributed by atoms with Gasteiger partial charge in [0.05, 0.1) is 11.3 Å². The van der Waals surface area contributed by atoms with Gasteiger partial charge in [-0.1, -0.05) is 43.2 Å². The van der Waals surface area contributed by atoms with E-state index in [-0.39, 0.29) is 5.54 Å². The number of nitriles is 1. The lowest BCUT2D eigenvalue weighted by molar-refractivity contribution is 0.199. The molecule has 2 aromatic carbocycles. The van der Waals surface area contributed by atoms with Crippen molar-refractivity contribution in [1.29, 1.82) is 5.26 Å². The van der Waals surface area contributed by atoms with Crippen molar-refractivity contribution in [3.63, 3.8) is 0 Å². The standard InChI is InChI=1S/C21H25N3/c1-21(2)14-24(19-10-6-5-9-18(19)23-21)20-16(13-22)12-11-15-7-3-4-8-17(15)20/h3-4,7-8,11-12,18-19,23H,5-6,9-10,14H2,1-2H3/t18-,19-/m0/s1. The number of nitrogens with zero attached hydrogens (tertiary/aromatic N) is 2. The zero-order chi connectivity index (χ0) is 16.7. The van der Waals surface area contributed by atoms with Gasteiger partial charge in [-0.2, -0.15) is 5.26 Å². The first-order valence-electron chi connectivity index (χ1n) is 9.05. The number of nitrogens with one attached hydrogen (secondary N) is 1. The minimum atomic E-state index is 0.0577. The first-order chi connectivity index (χ1) is 11.6. The molecule has 0 radical (unpaired) electrons. The topological polar surface area (TPSA) is 39.1 Å². The molecular formula is C21H25N3. The van der Waals surface area contributed by atoms with Gasteiger partial charge >= 0.3 is 0 Å². The summed E-state index contributed by atoms with van der Waals surface area (Å²) in [4.78, 5) is 2.54. The van der Waals surface area contributed by atoms with Crippen molar-refractivity contribution in [1.82, 2.24) is 5.32 Å². The van der Waals surface area contributed by atoms with Gasteiger partial charge in [-0.15, -0.1) is 0 Å². The molecule has 4 rings (SSSR count). The van der Waals surface area contributed by atoms with Gasteiger partial charge in [0.25, 0.3) is 0 Å². The fraction of sp³-hybridized carbons (Fsp3) is 0.476. The SMILES string of the molecule is CC1(C)CN(c2c(C#N)ccc3ccccc23)[C@H]2CCCC[C@@H]2N1. The van der Waals surface area contributed by atoms with Crippen LogP contribution in [0.3, 0.4) is 0 Å². The van der Waals surface area contributed by atoms with E-state index in [1.165, 1.54) is 36.5 Å². The molecule has 0 aromatic heterocycles. The zero-order valence-corrected chi connectivity index (χ0v) is 14.5. The summed E-state index contributed by atoms with van der Waals surface area (Å²) in [6, 6.07) is 16.0. The summed E-state index contributed by atoms with van der Waals surface area (Å²) in [7, 11) is 0. The highest BCUT2D eigenvalue weighted by molar-refractivity contribution is 5.97. The smallest absolute Gasteiger partial charge is 0.101 e. The van der Waals surface area contributed by atoms with Crippen LogP contribution in [-0.2, 0) is 0 Å². The molecule has 1 aliphatic carbocycles. The van der Waals surface area contributed by atoms with Crippen molar-refractivity contribution < 1.29 is 0 Å². The van der Waals surface area contributed by atoms with Gasteiger partial charge in [0.15, 0.2) is 0 Å². The molecule has 2 atom stereocenters. The van der Waals surface area contributed by atoms with Crippen molar-refractivity contribution in [2.45, 2.75) is 57.2 Å². The minimum absolute atomic E-state index is 0.0577. The minimum Gasteiger partial charge on any atom is -0.364 e. The van der Waals surface area contributed by atoms with Gasteiger partial charge in [0.1, 0.15) is 6.07 Å². The highest BCUT2D eigenvalue weighted by atomic mass is 15.3. The van der Waals surface area contributed by atoms with Gasteiger partial charge < -0.3 is 10.2 Å². The summed E-state index contributed by atoms with van der Waals surface area (Å²) in [6.45, 7) is 5.50. The van der Waals surface area contributed by atoms with Crippen LogP contribution < -0.4 is 10.2 Å². The summed E-state index contributed by atoms with van der Waals surface area (Å²) in [6.07, 6.45) is 5.03. The Morgan fingerprint density at radius 1 is 1.12 bits per heavy atom. The Morgan fingerprint density at radius 3 is 2.75 bits per heavy atom. The third kappa shape index (κ3) is 2.56. The monoisotopic (exact) mass is 319 g/mol. The van der Waals surface area contributed by atoms with Gasteiger partial charge in [-0.25, -0.2) is 0 Å². The molecule has 0 spiro atoms. The average molecular weight is 319 g/mol. The quantitative estimate of drug-likeness (QED) is 0.856. The molecular weight excluding hydrogens is 294 g/mol. The van der Waals surface area contributed by atoms with E-state index in [1.54, 1.807) is 0 Å². The van der Waals surface area contributed by atoms with E-state index in [2.05, 4.69) is 60.5 Å². The highest BCUT2D eigenvalue weighted by Crippen LogP contribution is 2.38. The van der Waals surface area contributed by atoms with E-state index in [0.29, 0.717) is 12.1 Å². The summed E-state index contributed by atoms with van der Waals surface area (Å²) < 4.78 is 0. The Balaban J connectivity index is 1.90. The van der Waals surface area contributed by atoms with Gasteiger partial charge in [-0.3, -0.25) is 0 Å². The molecule has 3 heteroatoms. The molecule has 2 fully saturated rings.